The van der Waals surface area contributed by atoms with Crippen LogP contribution in [0.3, 0.4) is 0 Å². The molecule has 1 aliphatic carbocycles. The molecule has 0 radical (unpaired) electrons. The SMILES string of the molecule is OC1CCC2OC(Cc3cccc(C(F)(F)F)c3)=NC2C1. The number of halogens is 3. The van der Waals surface area contributed by atoms with Gasteiger partial charge in [0.15, 0.2) is 5.90 Å². The van der Waals surface area contributed by atoms with E-state index in [1.807, 2.05) is 0 Å². The summed E-state index contributed by atoms with van der Waals surface area (Å²) in [6, 6.07) is 5.15. The number of benzene rings is 1. The van der Waals surface area contributed by atoms with E-state index in [2.05, 4.69) is 4.99 Å². The number of fused-ring (bicyclic) bond motifs is 1. The van der Waals surface area contributed by atoms with E-state index in [9.17, 15) is 18.3 Å². The first-order valence-electron chi connectivity index (χ1n) is 6.99. The largest absolute Gasteiger partial charge is 0.475 e. The molecule has 114 valence electrons. The Hall–Kier alpha value is -1.56. The molecule has 1 aliphatic heterocycles. The van der Waals surface area contributed by atoms with Gasteiger partial charge in [0.1, 0.15) is 6.10 Å². The summed E-state index contributed by atoms with van der Waals surface area (Å²) < 4.78 is 43.7. The van der Waals surface area contributed by atoms with Gasteiger partial charge >= 0.3 is 6.18 Å². The minimum absolute atomic E-state index is 0.0331. The van der Waals surface area contributed by atoms with Crippen molar-refractivity contribution in [1.82, 2.24) is 0 Å². The highest BCUT2D eigenvalue weighted by Gasteiger charge is 2.36. The second-order valence-corrected chi connectivity index (χ2v) is 5.59. The van der Waals surface area contributed by atoms with Crippen LogP contribution in [0.5, 0.6) is 0 Å². The van der Waals surface area contributed by atoms with Gasteiger partial charge in [-0.2, -0.15) is 13.2 Å². The van der Waals surface area contributed by atoms with Gasteiger partial charge in [0, 0.05) is 6.42 Å². The Morgan fingerprint density at radius 2 is 2.10 bits per heavy atom. The molecule has 0 saturated heterocycles. The number of alkyl halides is 3. The standard InChI is InChI=1S/C15H16F3NO2/c16-15(17,18)10-3-1-2-9(6-10)7-14-19-12-8-11(20)4-5-13(12)21-14/h1-3,6,11-13,20H,4-5,7-8H2. The number of aliphatic imine (C=N–C) groups is 1. The van der Waals surface area contributed by atoms with Gasteiger partial charge < -0.3 is 9.84 Å². The number of aliphatic hydroxyl groups excluding tert-OH is 1. The van der Waals surface area contributed by atoms with Crippen LogP contribution in [0.4, 0.5) is 13.2 Å². The minimum Gasteiger partial charge on any atom is -0.475 e. The van der Waals surface area contributed by atoms with Crippen molar-refractivity contribution in [3.05, 3.63) is 35.4 Å². The average Bonchev–Trinajstić information content (AvgIpc) is 2.79. The molecule has 6 heteroatoms. The zero-order chi connectivity index (χ0) is 15.0. The monoisotopic (exact) mass is 299 g/mol. The Labute approximate surface area is 120 Å². The zero-order valence-corrected chi connectivity index (χ0v) is 11.3. The van der Waals surface area contributed by atoms with Crippen molar-refractivity contribution >= 4 is 5.90 Å². The van der Waals surface area contributed by atoms with E-state index < -0.39 is 11.7 Å². The third-order valence-electron chi connectivity index (χ3n) is 3.93. The van der Waals surface area contributed by atoms with E-state index in [0.717, 1.165) is 18.6 Å². The van der Waals surface area contributed by atoms with Crippen LogP contribution in [0.1, 0.15) is 30.4 Å². The fourth-order valence-electron chi connectivity index (χ4n) is 2.88. The van der Waals surface area contributed by atoms with Gasteiger partial charge in [-0.05, 0) is 30.9 Å². The quantitative estimate of drug-likeness (QED) is 0.912. The molecule has 1 fully saturated rings. The number of rotatable bonds is 2. The molecule has 21 heavy (non-hydrogen) atoms. The summed E-state index contributed by atoms with van der Waals surface area (Å²) in [6.45, 7) is 0. The van der Waals surface area contributed by atoms with Gasteiger partial charge in [-0.15, -0.1) is 0 Å². The van der Waals surface area contributed by atoms with E-state index in [1.165, 1.54) is 6.07 Å². The third kappa shape index (κ3) is 3.20. The van der Waals surface area contributed by atoms with Crippen molar-refractivity contribution in [3.63, 3.8) is 0 Å². The zero-order valence-electron chi connectivity index (χ0n) is 11.3. The molecule has 0 amide bonds. The summed E-state index contributed by atoms with van der Waals surface area (Å²) in [5.41, 5.74) is -0.130. The topological polar surface area (TPSA) is 41.8 Å². The molecule has 0 spiro atoms. The molecule has 1 aromatic rings. The molecule has 0 bridgehead atoms. The third-order valence-corrected chi connectivity index (χ3v) is 3.93. The van der Waals surface area contributed by atoms with Crippen molar-refractivity contribution in [2.45, 2.75) is 50.1 Å². The molecule has 3 rings (SSSR count). The Morgan fingerprint density at radius 3 is 2.86 bits per heavy atom. The van der Waals surface area contributed by atoms with Crippen LogP contribution in [0.15, 0.2) is 29.3 Å². The molecular formula is C15H16F3NO2. The van der Waals surface area contributed by atoms with E-state index in [0.29, 0.717) is 24.3 Å². The number of nitrogens with zero attached hydrogens (tertiary/aromatic N) is 1. The van der Waals surface area contributed by atoms with E-state index in [1.54, 1.807) is 6.07 Å². The molecule has 3 nitrogen and oxygen atoms in total. The first-order chi connectivity index (χ1) is 9.91. The normalized spacial score (nSPS) is 28.8. The molecule has 1 N–H and O–H groups in total. The first kappa shape index (κ1) is 14.4. The van der Waals surface area contributed by atoms with Gasteiger partial charge in [-0.3, -0.25) is 0 Å². The lowest BCUT2D eigenvalue weighted by atomic mass is 9.91. The van der Waals surface area contributed by atoms with Crippen LogP contribution in [-0.4, -0.2) is 29.3 Å². The second kappa shape index (κ2) is 5.33. The molecule has 1 heterocycles. The fraction of sp³-hybridized carbons (Fsp3) is 0.533. The Bertz CT molecular complexity index is 556. The summed E-state index contributed by atoms with van der Waals surface area (Å²) in [4.78, 5) is 4.40. The predicted molar refractivity (Wildman–Crippen MR) is 71.1 cm³/mol. The maximum atomic E-state index is 12.7. The second-order valence-electron chi connectivity index (χ2n) is 5.59. The highest BCUT2D eigenvalue weighted by molar-refractivity contribution is 5.80. The van der Waals surface area contributed by atoms with E-state index in [-0.39, 0.29) is 24.7 Å². The number of ether oxygens (including phenoxy) is 1. The van der Waals surface area contributed by atoms with Gasteiger partial charge in [0.05, 0.1) is 17.7 Å². The van der Waals surface area contributed by atoms with Gasteiger partial charge in [0.25, 0.3) is 0 Å². The maximum Gasteiger partial charge on any atom is 0.416 e. The van der Waals surface area contributed by atoms with Gasteiger partial charge in [-0.1, -0.05) is 18.2 Å². The van der Waals surface area contributed by atoms with Gasteiger partial charge in [-0.25, -0.2) is 4.99 Å². The summed E-state index contributed by atoms with van der Waals surface area (Å²) >= 11 is 0. The molecule has 0 aromatic heterocycles. The smallest absolute Gasteiger partial charge is 0.416 e. The maximum absolute atomic E-state index is 12.7. The number of hydrogen-bond donors (Lipinski definition) is 1. The fourth-order valence-corrected chi connectivity index (χ4v) is 2.88. The van der Waals surface area contributed by atoms with Crippen LogP contribution in [0.25, 0.3) is 0 Å². The molecule has 3 atom stereocenters. The number of hydrogen-bond acceptors (Lipinski definition) is 3. The van der Waals surface area contributed by atoms with Crippen molar-refractivity contribution < 1.29 is 23.0 Å². The van der Waals surface area contributed by atoms with Crippen LogP contribution >= 0.6 is 0 Å². The van der Waals surface area contributed by atoms with Crippen LogP contribution in [0, 0.1) is 0 Å². The van der Waals surface area contributed by atoms with Gasteiger partial charge in [0.2, 0.25) is 0 Å². The molecule has 2 aliphatic rings. The van der Waals surface area contributed by atoms with Crippen LogP contribution in [0.2, 0.25) is 0 Å². The van der Waals surface area contributed by atoms with Crippen molar-refractivity contribution in [3.8, 4) is 0 Å². The summed E-state index contributed by atoms with van der Waals surface area (Å²) in [7, 11) is 0. The highest BCUT2D eigenvalue weighted by Crippen LogP contribution is 2.31. The lowest BCUT2D eigenvalue weighted by Gasteiger charge is -2.26. The lowest BCUT2D eigenvalue weighted by molar-refractivity contribution is -0.137. The van der Waals surface area contributed by atoms with Crippen LogP contribution < -0.4 is 0 Å². The summed E-state index contributed by atoms with van der Waals surface area (Å²) in [6.07, 6.45) is -2.48. The summed E-state index contributed by atoms with van der Waals surface area (Å²) in [5.74, 6) is 0.471. The average molecular weight is 299 g/mol. The Kier molecular flexibility index (Phi) is 3.65. The molecule has 3 unspecified atom stereocenters. The lowest BCUT2D eigenvalue weighted by Crippen LogP contribution is -2.33. The molecule has 1 saturated carbocycles. The summed E-state index contributed by atoms with van der Waals surface area (Å²) in [5, 5.41) is 9.61. The first-order valence-corrected chi connectivity index (χ1v) is 6.99. The Balaban J connectivity index is 1.71. The highest BCUT2D eigenvalue weighted by atomic mass is 19.4. The Morgan fingerprint density at radius 1 is 1.29 bits per heavy atom. The predicted octanol–water partition coefficient (Wildman–Crippen LogP) is 2.96. The van der Waals surface area contributed by atoms with Crippen molar-refractivity contribution in [1.29, 1.82) is 0 Å². The molecule has 1 aromatic carbocycles. The van der Waals surface area contributed by atoms with Crippen molar-refractivity contribution in [2.24, 2.45) is 4.99 Å². The minimum atomic E-state index is -4.34. The van der Waals surface area contributed by atoms with Crippen LogP contribution in [-0.2, 0) is 17.3 Å². The van der Waals surface area contributed by atoms with Crippen molar-refractivity contribution in [2.75, 3.05) is 0 Å². The number of aliphatic hydroxyl groups is 1. The molecular weight excluding hydrogens is 283 g/mol. The van der Waals surface area contributed by atoms with E-state index in [4.69, 9.17) is 4.74 Å². The van der Waals surface area contributed by atoms with E-state index >= 15 is 0 Å².